The van der Waals surface area contributed by atoms with E-state index in [9.17, 15) is 4.79 Å². The molecule has 0 aliphatic heterocycles. The van der Waals surface area contributed by atoms with Crippen LogP contribution in [0, 0.1) is 0 Å². The fourth-order valence-electron chi connectivity index (χ4n) is 1.42. The molecule has 1 aromatic heterocycles. The van der Waals surface area contributed by atoms with Crippen LogP contribution in [0.3, 0.4) is 0 Å². The second-order valence-electron chi connectivity index (χ2n) is 3.55. The lowest BCUT2D eigenvalue weighted by molar-refractivity contribution is -0.133. The van der Waals surface area contributed by atoms with Gasteiger partial charge in [0.15, 0.2) is 5.16 Å². The molecule has 5 nitrogen and oxygen atoms in total. The van der Waals surface area contributed by atoms with Crippen LogP contribution in [-0.2, 0) is 11.3 Å². The molecule has 0 bridgehead atoms. The van der Waals surface area contributed by atoms with Crippen LogP contribution in [0.15, 0.2) is 40.2 Å². The van der Waals surface area contributed by atoms with Crippen molar-refractivity contribution in [3.05, 3.63) is 40.6 Å². The lowest BCUT2D eigenvalue weighted by Gasteiger charge is -2.05. The summed E-state index contributed by atoms with van der Waals surface area (Å²) in [6.07, 6.45) is 1.60. The van der Waals surface area contributed by atoms with Gasteiger partial charge in [-0.1, -0.05) is 39.8 Å². The molecule has 1 N–H and O–H groups in total. The first kappa shape index (κ1) is 13.1. The van der Waals surface area contributed by atoms with Crippen molar-refractivity contribution in [1.29, 1.82) is 0 Å². The molecule has 0 aliphatic rings. The molecule has 0 saturated heterocycles. The standard InChI is InChI=1S/C11H10BrN3O2S/c12-9-3-1-2-8(4-9)5-15-7-13-14-11(15)18-6-10(16)17/h1-4,7H,5-6H2,(H,16,17). The molecule has 18 heavy (non-hydrogen) atoms. The minimum Gasteiger partial charge on any atom is -0.481 e. The van der Waals surface area contributed by atoms with E-state index in [1.54, 1.807) is 6.33 Å². The maximum absolute atomic E-state index is 10.5. The maximum atomic E-state index is 10.5. The summed E-state index contributed by atoms with van der Waals surface area (Å²) >= 11 is 4.57. The number of aromatic nitrogens is 3. The molecule has 2 aromatic rings. The normalized spacial score (nSPS) is 10.5. The number of halogens is 1. The minimum atomic E-state index is -0.864. The molecule has 0 saturated carbocycles. The summed E-state index contributed by atoms with van der Waals surface area (Å²) < 4.78 is 2.84. The number of rotatable bonds is 5. The average molecular weight is 328 g/mol. The van der Waals surface area contributed by atoms with E-state index < -0.39 is 5.97 Å². The van der Waals surface area contributed by atoms with E-state index in [0.29, 0.717) is 11.7 Å². The third-order valence-electron chi connectivity index (χ3n) is 2.15. The van der Waals surface area contributed by atoms with Crippen molar-refractivity contribution < 1.29 is 9.90 Å². The van der Waals surface area contributed by atoms with Gasteiger partial charge in [-0.3, -0.25) is 4.79 Å². The molecule has 94 valence electrons. The summed E-state index contributed by atoms with van der Waals surface area (Å²) in [5.74, 6) is -0.881. The highest BCUT2D eigenvalue weighted by atomic mass is 79.9. The van der Waals surface area contributed by atoms with Gasteiger partial charge in [-0.05, 0) is 17.7 Å². The molecule has 7 heteroatoms. The van der Waals surface area contributed by atoms with Crippen molar-refractivity contribution in [2.75, 3.05) is 5.75 Å². The Bertz CT molecular complexity index is 559. The number of hydrogen-bond acceptors (Lipinski definition) is 4. The third kappa shape index (κ3) is 3.58. The molecule has 2 rings (SSSR count). The second-order valence-corrected chi connectivity index (χ2v) is 5.41. The Morgan fingerprint density at radius 1 is 1.50 bits per heavy atom. The number of benzene rings is 1. The predicted molar refractivity (Wildman–Crippen MR) is 71.6 cm³/mol. The monoisotopic (exact) mass is 327 g/mol. The van der Waals surface area contributed by atoms with Crippen molar-refractivity contribution in [3.8, 4) is 0 Å². The summed E-state index contributed by atoms with van der Waals surface area (Å²) in [5, 5.41) is 17.0. The lowest BCUT2D eigenvalue weighted by atomic mass is 10.2. The molecule has 0 spiro atoms. The molecule has 0 amide bonds. The summed E-state index contributed by atoms with van der Waals surface area (Å²) in [7, 11) is 0. The fourth-order valence-corrected chi connectivity index (χ4v) is 2.50. The molecule has 0 aliphatic carbocycles. The van der Waals surface area contributed by atoms with Crippen LogP contribution >= 0.6 is 27.7 Å². The van der Waals surface area contributed by atoms with Crippen LogP contribution < -0.4 is 0 Å². The van der Waals surface area contributed by atoms with Crippen molar-refractivity contribution >= 4 is 33.7 Å². The highest BCUT2D eigenvalue weighted by Crippen LogP contribution is 2.17. The Balaban J connectivity index is 2.10. The first-order chi connectivity index (χ1) is 8.65. The number of thioether (sulfide) groups is 1. The zero-order valence-electron chi connectivity index (χ0n) is 9.28. The molecule has 0 radical (unpaired) electrons. The van der Waals surface area contributed by atoms with Crippen LogP contribution in [0.5, 0.6) is 0 Å². The largest absolute Gasteiger partial charge is 0.481 e. The second kappa shape index (κ2) is 6.01. The van der Waals surface area contributed by atoms with Crippen molar-refractivity contribution in [2.24, 2.45) is 0 Å². The Hall–Kier alpha value is -1.34. The number of nitrogens with zero attached hydrogens (tertiary/aromatic N) is 3. The van der Waals surface area contributed by atoms with Gasteiger partial charge in [-0.2, -0.15) is 0 Å². The summed E-state index contributed by atoms with van der Waals surface area (Å²) in [6.45, 7) is 0.619. The number of carboxylic acid groups (broad SMARTS) is 1. The quantitative estimate of drug-likeness (QED) is 0.853. The SMILES string of the molecule is O=C(O)CSc1nncn1Cc1cccc(Br)c1. The molecular weight excluding hydrogens is 318 g/mol. The van der Waals surface area contributed by atoms with E-state index in [4.69, 9.17) is 5.11 Å². The number of carboxylic acids is 1. The van der Waals surface area contributed by atoms with Crippen LogP contribution in [-0.4, -0.2) is 31.6 Å². The Morgan fingerprint density at radius 2 is 2.33 bits per heavy atom. The summed E-state index contributed by atoms with van der Waals surface area (Å²) in [6, 6.07) is 7.91. The Kier molecular flexibility index (Phi) is 4.38. The van der Waals surface area contributed by atoms with Gasteiger partial charge in [0.25, 0.3) is 0 Å². The van der Waals surface area contributed by atoms with Gasteiger partial charge in [0.2, 0.25) is 0 Å². The highest BCUT2D eigenvalue weighted by Gasteiger charge is 2.08. The lowest BCUT2D eigenvalue weighted by Crippen LogP contribution is -2.03. The average Bonchev–Trinajstić information content (AvgIpc) is 2.74. The van der Waals surface area contributed by atoms with Crippen molar-refractivity contribution in [1.82, 2.24) is 14.8 Å². The minimum absolute atomic E-state index is 0.0167. The van der Waals surface area contributed by atoms with Gasteiger partial charge < -0.3 is 9.67 Å². The maximum Gasteiger partial charge on any atom is 0.313 e. The van der Waals surface area contributed by atoms with E-state index in [2.05, 4.69) is 26.1 Å². The summed E-state index contributed by atoms with van der Waals surface area (Å²) in [4.78, 5) is 10.5. The van der Waals surface area contributed by atoms with Gasteiger partial charge in [0.05, 0.1) is 12.3 Å². The summed E-state index contributed by atoms with van der Waals surface area (Å²) in [5.41, 5.74) is 1.10. The van der Waals surface area contributed by atoms with Crippen LogP contribution in [0.1, 0.15) is 5.56 Å². The first-order valence-corrected chi connectivity index (χ1v) is 6.90. The van der Waals surface area contributed by atoms with Crippen molar-refractivity contribution in [3.63, 3.8) is 0 Å². The topological polar surface area (TPSA) is 68.0 Å². The molecule has 1 aromatic carbocycles. The van der Waals surface area contributed by atoms with Gasteiger partial charge in [0, 0.05) is 4.47 Å². The molecular formula is C11H10BrN3O2S. The molecule has 0 fully saturated rings. The van der Waals surface area contributed by atoms with E-state index >= 15 is 0 Å². The van der Waals surface area contributed by atoms with Crippen LogP contribution in [0.4, 0.5) is 0 Å². The van der Waals surface area contributed by atoms with Crippen LogP contribution in [0.25, 0.3) is 0 Å². The van der Waals surface area contributed by atoms with Gasteiger partial charge in [0.1, 0.15) is 6.33 Å². The smallest absolute Gasteiger partial charge is 0.313 e. The molecule has 1 heterocycles. The Morgan fingerprint density at radius 3 is 3.06 bits per heavy atom. The van der Waals surface area contributed by atoms with Crippen molar-refractivity contribution in [2.45, 2.75) is 11.7 Å². The van der Waals surface area contributed by atoms with Gasteiger partial charge in [-0.15, -0.1) is 10.2 Å². The van der Waals surface area contributed by atoms with Gasteiger partial charge in [-0.25, -0.2) is 0 Å². The highest BCUT2D eigenvalue weighted by molar-refractivity contribution is 9.10. The molecule has 0 unspecified atom stereocenters. The van der Waals surface area contributed by atoms with E-state index in [1.807, 2.05) is 28.8 Å². The van der Waals surface area contributed by atoms with E-state index in [-0.39, 0.29) is 5.75 Å². The van der Waals surface area contributed by atoms with E-state index in [0.717, 1.165) is 21.8 Å². The predicted octanol–water partition coefficient (Wildman–Crippen LogP) is 2.27. The first-order valence-electron chi connectivity index (χ1n) is 5.12. The zero-order valence-corrected chi connectivity index (χ0v) is 11.7. The zero-order chi connectivity index (χ0) is 13.0. The van der Waals surface area contributed by atoms with E-state index in [1.165, 1.54) is 0 Å². The number of carbonyl (C=O) groups is 1. The Labute approximate surface area is 116 Å². The number of hydrogen-bond donors (Lipinski definition) is 1. The third-order valence-corrected chi connectivity index (χ3v) is 3.61. The number of aliphatic carboxylic acids is 1. The molecule has 0 atom stereocenters. The van der Waals surface area contributed by atoms with Gasteiger partial charge >= 0.3 is 5.97 Å². The fraction of sp³-hybridized carbons (Fsp3) is 0.182. The van der Waals surface area contributed by atoms with Crippen LogP contribution in [0.2, 0.25) is 0 Å².